The lowest BCUT2D eigenvalue weighted by molar-refractivity contribution is -0.0733. The molecule has 0 radical (unpaired) electrons. The van der Waals surface area contributed by atoms with Crippen molar-refractivity contribution in [2.45, 2.75) is 37.4 Å². The second-order valence-electron chi connectivity index (χ2n) is 8.46. The Labute approximate surface area is 176 Å². The number of aromatic nitrogens is 2. The van der Waals surface area contributed by atoms with Crippen molar-refractivity contribution in [3.8, 4) is 17.2 Å². The van der Waals surface area contributed by atoms with Crippen LogP contribution in [0.25, 0.3) is 22.0 Å². The van der Waals surface area contributed by atoms with Crippen LogP contribution in [0.15, 0.2) is 48.7 Å². The molecule has 2 aliphatic heterocycles. The molecule has 5 rings (SSSR count). The number of hydrogen-bond acceptors (Lipinski definition) is 5. The van der Waals surface area contributed by atoms with Crippen LogP contribution in [0.3, 0.4) is 0 Å². The highest BCUT2D eigenvalue weighted by Crippen LogP contribution is 2.31. The molecule has 3 heterocycles. The third-order valence-corrected chi connectivity index (χ3v) is 6.49. The van der Waals surface area contributed by atoms with Crippen molar-refractivity contribution in [1.29, 1.82) is 5.26 Å². The predicted molar refractivity (Wildman–Crippen MR) is 117 cm³/mol. The number of rotatable bonds is 5. The summed E-state index contributed by atoms with van der Waals surface area (Å²) in [5.74, 6) is 0. The summed E-state index contributed by atoms with van der Waals surface area (Å²) >= 11 is 0. The lowest BCUT2D eigenvalue weighted by Gasteiger charge is -2.41. The van der Waals surface area contributed by atoms with E-state index >= 15 is 0 Å². The Kier molecular flexibility index (Phi) is 5.26. The molecule has 0 amide bonds. The lowest BCUT2D eigenvalue weighted by Crippen LogP contribution is -2.51. The molecule has 0 aliphatic carbocycles. The Balaban J connectivity index is 1.35. The molecule has 2 saturated heterocycles. The fraction of sp³-hybridized carbons (Fsp3) is 0.417. The van der Waals surface area contributed by atoms with Gasteiger partial charge in [-0.3, -0.25) is 9.58 Å². The Morgan fingerprint density at radius 3 is 2.47 bits per heavy atom. The minimum absolute atomic E-state index is 0.449. The first-order valence-electron chi connectivity index (χ1n) is 10.7. The van der Waals surface area contributed by atoms with E-state index in [0.717, 1.165) is 44.7 Å². The van der Waals surface area contributed by atoms with Crippen LogP contribution in [-0.4, -0.2) is 53.1 Å². The largest absolute Gasteiger partial charge is 0.378 e. The zero-order valence-corrected chi connectivity index (χ0v) is 17.1. The van der Waals surface area contributed by atoms with Crippen LogP contribution >= 0.6 is 0 Å². The van der Waals surface area contributed by atoms with Crippen LogP contribution in [0.2, 0.25) is 0 Å². The van der Waals surface area contributed by atoms with Crippen LogP contribution in [-0.2, 0) is 11.2 Å². The molecule has 6 heteroatoms. The predicted octanol–water partition coefficient (Wildman–Crippen LogP) is 3.13. The summed E-state index contributed by atoms with van der Waals surface area (Å²) in [5.41, 5.74) is 10.4. The summed E-state index contributed by atoms with van der Waals surface area (Å²) in [6.07, 6.45) is 4.82. The van der Waals surface area contributed by atoms with Crippen LogP contribution in [0.4, 0.5) is 0 Å². The molecule has 30 heavy (non-hydrogen) atoms. The summed E-state index contributed by atoms with van der Waals surface area (Å²) < 4.78 is 7.58. The highest BCUT2D eigenvalue weighted by atomic mass is 16.5. The van der Waals surface area contributed by atoms with Gasteiger partial charge >= 0.3 is 0 Å². The normalized spacial score (nSPS) is 19.5. The van der Waals surface area contributed by atoms with Crippen molar-refractivity contribution in [2.75, 3.05) is 26.3 Å². The molecule has 2 fully saturated rings. The number of likely N-dealkylation sites (tertiary alicyclic amines) is 1. The summed E-state index contributed by atoms with van der Waals surface area (Å²) in [6.45, 7) is 4.01. The molecule has 0 bridgehead atoms. The second-order valence-corrected chi connectivity index (χ2v) is 8.46. The first kappa shape index (κ1) is 19.3. The van der Waals surface area contributed by atoms with E-state index in [9.17, 15) is 0 Å². The highest BCUT2D eigenvalue weighted by molar-refractivity contribution is 5.84. The quantitative estimate of drug-likeness (QED) is 0.710. The van der Waals surface area contributed by atoms with E-state index in [1.807, 2.05) is 6.20 Å². The van der Waals surface area contributed by atoms with Gasteiger partial charge in [-0.05, 0) is 35.6 Å². The van der Waals surface area contributed by atoms with E-state index in [1.54, 1.807) is 0 Å². The SMILES string of the molecule is N#C[C@@H](N)Cc1ccc(-c2ccc3cnn(C4CCN(C5COC5)CC4)c3c2)cc1. The van der Waals surface area contributed by atoms with E-state index in [2.05, 4.69) is 58.1 Å². The number of benzene rings is 2. The van der Waals surface area contributed by atoms with Gasteiger partial charge in [-0.1, -0.05) is 36.4 Å². The molecule has 0 unspecified atom stereocenters. The maximum atomic E-state index is 8.91. The number of fused-ring (bicyclic) bond motifs is 1. The molecule has 3 aromatic rings. The standard InChI is InChI=1S/C24H27N5O/c25-13-21(26)11-17-1-3-18(4-2-17)19-5-6-20-14-27-29(24(20)12-19)22-7-9-28(10-8-22)23-15-30-16-23/h1-6,12,14,21-23H,7-11,15-16,26H2/t21-/m0/s1. The summed E-state index contributed by atoms with van der Waals surface area (Å²) in [5, 5.41) is 14.8. The molecule has 154 valence electrons. The molecule has 6 nitrogen and oxygen atoms in total. The fourth-order valence-electron chi connectivity index (χ4n) is 4.57. The summed E-state index contributed by atoms with van der Waals surface area (Å²) in [7, 11) is 0. The average molecular weight is 402 g/mol. The van der Waals surface area contributed by atoms with Crippen molar-refractivity contribution < 1.29 is 4.74 Å². The topological polar surface area (TPSA) is 80.1 Å². The van der Waals surface area contributed by atoms with Crippen molar-refractivity contribution in [2.24, 2.45) is 5.73 Å². The van der Waals surface area contributed by atoms with Gasteiger partial charge < -0.3 is 10.5 Å². The van der Waals surface area contributed by atoms with Crippen molar-refractivity contribution in [3.05, 3.63) is 54.2 Å². The van der Waals surface area contributed by atoms with E-state index in [4.69, 9.17) is 20.8 Å². The minimum atomic E-state index is -0.454. The maximum Gasteiger partial charge on any atom is 0.0968 e. The van der Waals surface area contributed by atoms with Gasteiger partial charge in [-0.15, -0.1) is 0 Å². The number of ether oxygens (including phenoxy) is 1. The third-order valence-electron chi connectivity index (χ3n) is 6.49. The molecular formula is C24H27N5O. The van der Waals surface area contributed by atoms with Crippen LogP contribution in [0, 0.1) is 11.3 Å². The van der Waals surface area contributed by atoms with Crippen molar-refractivity contribution in [1.82, 2.24) is 14.7 Å². The van der Waals surface area contributed by atoms with Gasteiger partial charge in [0.15, 0.2) is 0 Å². The molecule has 2 N–H and O–H groups in total. The maximum absolute atomic E-state index is 8.91. The first-order chi connectivity index (χ1) is 14.7. The van der Waals surface area contributed by atoms with Gasteiger partial charge in [0.2, 0.25) is 0 Å². The van der Waals surface area contributed by atoms with Crippen molar-refractivity contribution >= 4 is 10.9 Å². The Hall–Kier alpha value is -2.72. The monoisotopic (exact) mass is 401 g/mol. The highest BCUT2D eigenvalue weighted by Gasteiger charge is 2.30. The molecule has 1 aromatic heterocycles. The molecule has 2 aliphatic rings. The Morgan fingerprint density at radius 2 is 1.80 bits per heavy atom. The number of nitriles is 1. The van der Waals surface area contributed by atoms with Gasteiger partial charge in [-0.25, -0.2) is 0 Å². The van der Waals surface area contributed by atoms with E-state index in [0.29, 0.717) is 18.5 Å². The number of hydrogen-bond donors (Lipinski definition) is 1. The smallest absolute Gasteiger partial charge is 0.0968 e. The lowest BCUT2D eigenvalue weighted by atomic mass is 9.99. The van der Waals surface area contributed by atoms with Crippen LogP contribution in [0.1, 0.15) is 24.4 Å². The van der Waals surface area contributed by atoms with E-state index < -0.39 is 6.04 Å². The van der Waals surface area contributed by atoms with Crippen molar-refractivity contribution in [3.63, 3.8) is 0 Å². The minimum Gasteiger partial charge on any atom is -0.378 e. The zero-order valence-electron chi connectivity index (χ0n) is 17.1. The van der Waals surface area contributed by atoms with Gasteiger partial charge in [0.05, 0.1) is 49.1 Å². The average Bonchev–Trinajstić information content (AvgIpc) is 3.17. The van der Waals surface area contributed by atoms with Crippen LogP contribution in [0.5, 0.6) is 0 Å². The van der Waals surface area contributed by atoms with Gasteiger partial charge in [0.1, 0.15) is 0 Å². The molecule has 2 aromatic carbocycles. The summed E-state index contributed by atoms with van der Waals surface area (Å²) in [4.78, 5) is 2.57. The molecule has 1 atom stereocenters. The number of nitrogens with zero attached hydrogens (tertiary/aromatic N) is 4. The fourth-order valence-corrected chi connectivity index (χ4v) is 4.57. The van der Waals surface area contributed by atoms with Gasteiger partial charge in [-0.2, -0.15) is 10.4 Å². The Morgan fingerprint density at radius 1 is 1.07 bits per heavy atom. The summed E-state index contributed by atoms with van der Waals surface area (Å²) in [6, 6.07) is 17.6. The number of piperidine rings is 1. The molecular weight excluding hydrogens is 374 g/mol. The van der Waals surface area contributed by atoms with Gasteiger partial charge in [0.25, 0.3) is 0 Å². The van der Waals surface area contributed by atoms with Crippen LogP contribution < -0.4 is 5.73 Å². The van der Waals surface area contributed by atoms with E-state index in [1.165, 1.54) is 22.0 Å². The molecule has 0 spiro atoms. The molecule has 0 saturated carbocycles. The van der Waals surface area contributed by atoms with Gasteiger partial charge in [0, 0.05) is 24.9 Å². The zero-order chi connectivity index (χ0) is 20.5. The van der Waals surface area contributed by atoms with E-state index in [-0.39, 0.29) is 0 Å². The number of nitrogens with two attached hydrogens (primary N) is 1. The third kappa shape index (κ3) is 3.72. The Bertz CT molecular complexity index is 1060. The first-order valence-corrected chi connectivity index (χ1v) is 10.7. The second kappa shape index (κ2) is 8.19.